The zero-order valence-corrected chi connectivity index (χ0v) is 10.9. The Morgan fingerprint density at radius 1 is 1.40 bits per heavy atom. The van der Waals surface area contributed by atoms with Gasteiger partial charge in [-0.05, 0) is 18.6 Å². The first-order chi connectivity index (χ1) is 9.61. The minimum atomic E-state index is -0.390. The van der Waals surface area contributed by atoms with Gasteiger partial charge in [0.05, 0.1) is 11.9 Å². The van der Waals surface area contributed by atoms with Gasteiger partial charge in [-0.15, -0.1) is 0 Å². The lowest BCUT2D eigenvalue weighted by atomic mass is 10.2. The predicted octanol–water partition coefficient (Wildman–Crippen LogP) is 1.48. The van der Waals surface area contributed by atoms with Crippen LogP contribution in [0.3, 0.4) is 0 Å². The van der Waals surface area contributed by atoms with Crippen molar-refractivity contribution in [2.45, 2.75) is 13.3 Å². The number of amides is 1. The number of nitrogens with two attached hydrogens (primary N) is 1. The maximum atomic E-state index is 11.9. The molecule has 0 spiro atoms. The second-order valence-electron chi connectivity index (χ2n) is 3.99. The molecule has 0 bridgehead atoms. The summed E-state index contributed by atoms with van der Waals surface area (Å²) in [7, 11) is 0. The molecule has 2 heterocycles. The van der Waals surface area contributed by atoms with E-state index in [9.17, 15) is 4.79 Å². The van der Waals surface area contributed by atoms with Crippen LogP contribution >= 0.6 is 0 Å². The number of rotatable bonds is 4. The molecule has 0 saturated carbocycles. The number of carbonyl (C=O) groups is 1. The maximum Gasteiger partial charge on any atom is 0.274 e. The van der Waals surface area contributed by atoms with E-state index < -0.39 is 0 Å². The van der Waals surface area contributed by atoms with Gasteiger partial charge >= 0.3 is 0 Å². The van der Waals surface area contributed by atoms with Crippen LogP contribution in [0, 0.1) is 5.41 Å². The minimum absolute atomic E-state index is 0.123. The molecule has 0 aromatic carbocycles. The van der Waals surface area contributed by atoms with E-state index in [2.05, 4.69) is 20.3 Å². The summed E-state index contributed by atoms with van der Waals surface area (Å²) in [6, 6.07) is 5.03. The number of anilines is 2. The number of nitrogens with zero attached hydrogens (tertiary/aromatic N) is 3. The third kappa shape index (κ3) is 2.94. The van der Waals surface area contributed by atoms with Crippen LogP contribution < -0.4 is 11.1 Å². The fourth-order valence-corrected chi connectivity index (χ4v) is 1.48. The average molecular weight is 270 g/mol. The molecule has 7 heteroatoms. The molecule has 0 aliphatic carbocycles. The van der Waals surface area contributed by atoms with Gasteiger partial charge in [0, 0.05) is 6.20 Å². The largest absolute Gasteiger partial charge is 0.382 e. The molecule has 0 atom stereocenters. The smallest absolute Gasteiger partial charge is 0.274 e. The summed E-state index contributed by atoms with van der Waals surface area (Å²) >= 11 is 0. The maximum absolute atomic E-state index is 11.9. The molecular formula is C13H14N6O. The van der Waals surface area contributed by atoms with Crippen molar-refractivity contribution >= 4 is 23.1 Å². The molecule has 2 aromatic heterocycles. The Bertz CT molecular complexity index is 641. The topological polar surface area (TPSA) is 118 Å². The fourth-order valence-electron chi connectivity index (χ4n) is 1.48. The van der Waals surface area contributed by atoms with Gasteiger partial charge in [0.15, 0.2) is 11.6 Å². The van der Waals surface area contributed by atoms with Crippen molar-refractivity contribution in [3.05, 3.63) is 42.1 Å². The van der Waals surface area contributed by atoms with E-state index in [0.717, 1.165) is 0 Å². The number of hydrogen-bond acceptors (Lipinski definition) is 6. The molecule has 102 valence electrons. The number of pyridine rings is 1. The summed E-state index contributed by atoms with van der Waals surface area (Å²) in [6.07, 6.45) is 3.43. The Kier molecular flexibility index (Phi) is 3.99. The SMILES string of the molecule is CCC(=N)c1ncc(NC(=O)c2ccccn2)c(N)n1. The molecular weight excluding hydrogens is 256 g/mol. The van der Waals surface area contributed by atoms with E-state index in [1.54, 1.807) is 18.2 Å². The monoisotopic (exact) mass is 270 g/mol. The highest BCUT2D eigenvalue weighted by Crippen LogP contribution is 2.15. The summed E-state index contributed by atoms with van der Waals surface area (Å²) < 4.78 is 0. The highest BCUT2D eigenvalue weighted by Gasteiger charge is 2.12. The van der Waals surface area contributed by atoms with E-state index in [4.69, 9.17) is 11.1 Å². The number of hydrogen-bond donors (Lipinski definition) is 3. The molecule has 0 aliphatic rings. The zero-order chi connectivity index (χ0) is 14.5. The molecule has 2 aromatic rings. The van der Waals surface area contributed by atoms with Crippen LogP contribution in [0.4, 0.5) is 11.5 Å². The van der Waals surface area contributed by atoms with Crippen LogP contribution in [-0.2, 0) is 0 Å². The molecule has 0 radical (unpaired) electrons. The molecule has 1 amide bonds. The van der Waals surface area contributed by atoms with Crippen LogP contribution in [-0.4, -0.2) is 26.6 Å². The Balaban J connectivity index is 2.18. The summed E-state index contributed by atoms with van der Waals surface area (Å²) in [4.78, 5) is 23.9. The third-order valence-electron chi connectivity index (χ3n) is 2.59. The lowest BCUT2D eigenvalue weighted by Crippen LogP contribution is -2.16. The van der Waals surface area contributed by atoms with Crippen molar-refractivity contribution in [3.63, 3.8) is 0 Å². The molecule has 0 saturated heterocycles. The van der Waals surface area contributed by atoms with Gasteiger partial charge in [-0.2, -0.15) is 0 Å². The van der Waals surface area contributed by atoms with Crippen molar-refractivity contribution in [3.8, 4) is 0 Å². The van der Waals surface area contributed by atoms with Gasteiger partial charge < -0.3 is 16.5 Å². The Labute approximate surface area is 115 Å². The van der Waals surface area contributed by atoms with Crippen molar-refractivity contribution < 1.29 is 4.79 Å². The summed E-state index contributed by atoms with van der Waals surface area (Å²) in [5.41, 5.74) is 6.62. The molecule has 4 N–H and O–H groups in total. The first-order valence-corrected chi connectivity index (χ1v) is 6.04. The summed E-state index contributed by atoms with van der Waals surface area (Å²) in [5, 5.41) is 10.2. The van der Waals surface area contributed by atoms with Crippen LogP contribution in [0.2, 0.25) is 0 Å². The number of carbonyl (C=O) groups excluding carboxylic acids is 1. The van der Waals surface area contributed by atoms with E-state index in [-0.39, 0.29) is 23.2 Å². The van der Waals surface area contributed by atoms with Crippen LogP contribution in [0.25, 0.3) is 0 Å². The van der Waals surface area contributed by atoms with Crippen molar-refractivity contribution in [2.24, 2.45) is 0 Å². The van der Waals surface area contributed by atoms with Gasteiger partial charge in [0.1, 0.15) is 11.4 Å². The first-order valence-electron chi connectivity index (χ1n) is 6.04. The van der Waals surface area contributed by atoms with Crippen molar-refractivity contribution in [1.29, 1.82) is 5.41 Å². The van der Waals surface area contributed by atoms with Crippen LogP contribution in [0.5, 0.6) is 0 Å². The van der Waals surface area contributed by atoms with E-state index in [1.165, 1.54) is 12.4 Å². The minimum Gasteiger partial charge on any atom is -0.382 e. The third-order valence-corrected chi connectivity index (χ3v) is 2.59. The second kappa shape index (κ2) is 5.87. The van der Waals surface area contributed by atoms with Gasteiger partial charge in [-0.1, -0.05) is 13.0 Å². The molecule has 20 heavy (non-hydrogen) atoms. The van der Waals surface area contributed by atoms with Crippen LogP contribution in [0.15, 0.2) is 30.6 Å². The molecule has 0 aliphatic heterocycles. The van der Waals surface area contributed by atoms with Crippen molar-refractivity contribution in [2.75, 3.05) is 11.1 Å². The first kappa shape index (κ1) is 13.6. The van der Waals surface area contributed by atoms with E-state index in [1.807, 2.05) is 6.92 Å². The highest BCUT2D eigenvalue weighted by molar-refractivity contribution is 6.04. The number of nitrogens with one attached hydrogen (secondary N) is 2. The summed E-state index contributed by atoms with van der Waals surface area (Å²) in [5.74, 6) is -0.00228. The zero-order valence-electron chi connectivity index (χ0n) is 10.9. The molecule has 2 rings (SSSR count). The summed E-state index contributed by atoms with van der Waals surface area (Å²) in [6.45, 7) is 1.83. The Morgan fingerprint density at radius 3 is 2.80 bits per heavy atom. The van der Waals surface area contributed by atoms with Gasteiger partial charge in [-0.25, -0.2) is 9.97 Å². The van der Waals surface area contributed by atoms with Gasteiger partial charge in [0.25, 0.3) is 5.91 Å². The number of aromatic nitrogens is 3. The normalized spacial score (nSPS) is 10.1. The van der Waals surface area contributed by atoms with Crippen LogP contribution in [0.1, 0.15) is 29.7 Å². The average Bonchev–Trinajstić information content (AvgIpc) is 2.49. The molecule has 0 fully saturated rings. The Morgan fingerprint density at radius 2 is 2.20 bits per heavy atom. The fraction of sp³-hybridized carbons (Fsp3) is 0.154. The second-order valence-corrected chi connectivity index (χ2v) is 3.99. The number of nitrogen functional groups attached to an aromatic ring is 1. The van der Waals surface area contributed by atoms with Gasteiger partial charge in [0.2, 0.25) is 0 Å². The van der Waals surface area contributed by atoms with E-state index in [0.29, 0.717) is 17.8 Å². The van der Waals surface area contributed by atoms with E-state index >= 15 is 0 Å². The van der Waals surface area contributed by atoms with Crippen molar-refractivity contribution in [1.82, 2.24) is 15.0 Å². The molecule has 0 unspecified atom stereocenters. The predicted molar refractivity (Wildman–Crippen MR) is 75.8 cm³/mol. The van der Waals surface area contributed by atoms with Gasteiger partial charge in [-0.3, -0.25) is 9.78 Å². The highest BCUT2D eigenvalue weighted by atomic mass is 16.1. The Hall–Kier alpha value is -2.83. The lowest BCUT2D eigenvalue weighted by Gasteiger charge is -2.08. The quantitative estimate of drug-likeness (QED) is 0.727. The molecule has 7 nitrogen and oxygen atoms in total. The standard InChI is InChI=1S/C13H14N6O/c1-2-8(14)12-17-7-10(11(15)19-12)18-13(20)9-5-3-4-6-16-9/h3-7,14H,2H2,1H3,(H,18,20)(H2,15,17,19). The lowest BCUT2D eigenvalue weighted by molar-refractivity contribution is 0.102.